The molecule has 0 heterocycles. The molecule has 2 atom stereocenters. The van der Waals surface area contributed by atoms with Crippen molar-refractivity contribution in [3.63, 3.8) is 0 Å². The molecule has 12 heteroatoms. The van der Waals surface area contributed by atoms with E-state index in [0.717, 1.165) is 20.1 Å². The van der Waals surface area contributed by atoms with E-state index in [9.17, 15) is 9.59 Å². The highest BCUT2D eigenvalue weighted by Crippen LogP contribution is 2.40. The van der Waals surface area contributed by atoms with Gasteiger partial charge in [-0.15, -0.1) is 0 Å². The zero-order chi connectivity index (χ0) is 36.9. The smallest absolute Gasteiger partial charge is 0.338 e. The normalized spacial score (nSPS) is 11.9. The Labute approximate surface area is 315 Å². The van der Waals surface area contributed by atoms with E-state index in [-0.39, 0.29) is 6.42 Å². The fourth-order valence-electron chi connectivity index (χ4n) is 5.57. The topological polar surface area (TPSA) is 108 Å². The molecule has 0 N–H and O–H groups in total. The van der Waals surface area contributed by atoms with Crippen LogP contribution in [0.4, 0.5) is 0 Å². The first kappa shape index (κ1) is 39.4. The van der Waals surface area contributed by atoms with Gasteiger partial charge in [0, 0.05) is 15.4 Å². The van der Waals surface area contributed by atoms with E-state index >= 15 is 0 Å². The van der Waals surface area contributed by atoms with Gasteiger partial charge in [-0.25, -0.2) is 9.59 Å². The third-order valence-corrected chi connectivity index (χ3v) is 9.25. The van der Waals surface area contributed by atoms with Gasteiger partial charge < -0.3 is 37.9 Å². The maximum Gasteiger partial charge on any atom is 0.338 e. The average molecular weight is 831 g/mol. The Balaban J connectivity index is 1.65. The van der Waals surface area contributed by atoms with Crippen molar-refractivity contribution >= 4 is 43.8 Å². The first-order valence-electron chi connectivity index (χ1n) is 16.1. The third kappa shape index (κ3) is 10.8. The molecule has 0 fully saturated rings. The van der Waals surface area contributed by atoms with E-state index in [1.807, 2.05) is 24.3 Å². The predicted molar refractivity (Wildman–Crippen MR) is 200 cm³/mol. The highest BCUT2D eigenvalue weighted by molar-refractivity contribution is 9.10. The van der Waals surface area contributed by atoms with E-state index in [1.165, 1.54) is 0 Å². The minimum Gasteiger partial charge on any atom is -0.493 e. The van der Waals surface area contributed by atoms with Gasteiger partial charge in [0.15, 0.2) is 23.0 Å². The lowest BCUT2D eigenvalue weighted by Gasteiger charge is -2.25. The quantitative estimate of drug-likeness (QED) is 0.0905. The van der Waals surface area contributed by atoms with Crippen molar-refractivity contribution in [3.8, 4) is 34.5 Å². The number of methoxy groups -OCH3 is 6. The van der Waals surface area contributed by atoms with Crippen LogP contribution in [0.2, 0.25) is 0 Å². The fourth-order valence-corrected chi connectivity index (χ4v) is 6.10. The Bertz CT molecular complexity index is 1580. The van der Waals surface area contributed by atoms with Crippen molar-refractivity contribution in [2.45, 2.75) is 44.3 Å². The molecule has 0 aliphatic carbocycles. The first-order valence-corrected chi connectivity index (χ1v) is 17.7. The second kappa shape index (κ2) is 19.3. The van der Waals surface area contributed by atoms with Crippen LogP contribution in [0.25, 0.3) is 0 Å². The number of rotatable bonds is 18. The van der Waals surface area contributed by atoms with Crippen molar-refractivity contribution in [1.29, 1.82) is 0 Å². The molecule has 272 valence electrons. The molecular weight excluding hydrogens is 788 g/mol. The van der Waals surface area contributed by atoms with Gasteiger partial charge >= 0.3 is 11.9 Å². The van der Waals surface area contributed by atoms with Gasteiger partial charge in [-0.1, -0.05) is 31.9 Å². The summed E-state index contributed by atoms with van der Waals surface area (Å²) in [7, 11) is 9.33. The monoisotopic (exact) mass is 828 g/mol. The molecule has 0 aromatic heterocycles. The number of carbonyl (C=O) groups excluding carboxylic acids is 2. The van der Waals surface area contributed by atoms with E-state index in [0.29, 0.717) is 71.3 Å². The fraction of sp³-hybridized carbons (Fsp3) is 0.333. The molecule has 0 saturated carbocycles. The summed E-state index contributed by atoms with van der Waals surface area (Å²) >= 11 is 6.83. The zero-order valence-corrected chi connectivity index (χ0v) is 32.6. The first-order chi connectivity index (χ1) is 24.6. The molecule has 51 heavy (non-hydrogen) atoms. The van der Waals surface area contributed by atoms with E-state index in [1.54, 1.807) is 91.2 Å². The Morgan fingerprint density at radius 2 is 0.824 bits per heavy atom. The summed E-state index contributed by atoms with van der Waals surface area (Å²) in [5.74, 6) is 2.05. The van der Waals surface area contributed by atoms with Gasteiger partial charge in [-0.3, -0.25) is 0 Å². The summed E-state index contributed by atoms with van der Waals surface area (Å²) < 4.78 is 47.2. The SMILES string of the molecule is COc1cc(CC[C@H](C[C@@H](CCc2cc(OC)c(OC)c(OC)c2)OC(=O)c2ccc(Br)cc2)OC(=O)c2ccc(Br)cc2)cc(OC)c1OC. The van der Waals surface area contributed by atoms with Crippen LogP contribution in [0.3, 0.4) is 0 Å². The number of hydrogen-bond acceptors (Lipinski definition) is 10. The van der Waals surface area contributed by atoms with Crippen LogP contribution in [0.5, 0.6) is 34.5 Å². The van der Waals surface area contributed by atoms with Gasteiger partial charge in [-0.05, 0) is 110 Å². The number of benzene rings is 4. The van der Waals surface area contributed by atoms with E-state index in [2.05, 4.69) is 31.9 Å². The highest BCUT2D eigenvalue weighted by atomic mass is 79.9. The van der Waals surface area contributed by atoms with Crippen LogP contribution in [-0.2, 0) is 22.3 Å². The predicted octanol–water partition coefficient (Wildman–Crippen LogP) is 8.67. The molecule has 0 aliphatic rings. The Hall–Kier alpha value is -4.42. The standard InChI is InChI=1S/C39H42Br2O10/c1-44-32-19-24(20-33(45-2)36(32)48-5)7-17-30(50-38(42)26-9-13-28(40)14-10-26)23-31(51-39(43)27-11-15-29(41)16-12-27)18-8-25-21-34(46-3)37(49-6)35(22-25)47-4/h9-16,19-22,30-31H,7-8,17-18,23H2,1-6H3/t30-,31-/m1/s1. The molecule has 4 rings (SSSR count). The Morgan fingerprint density at radius 3 is 1.10 bits per heavy atom. The van der Waals surface area contributed by atoms with Crippen LogP contribution >= 0.6 is 31.9 Å². The van der Waals surface area contributed by atoms with Crippen molar-refractivity contribution < 1.29 is 47.5 Å². The largest absolute Gasteiger partial charge is 0.493 e. The average Bonchev–Trinajstić information content (AvgIpc) is 3.15. The zero-order valence-electron chi connectivity index (χ0n) is 29.5. The molecule has 0 amide bonds. The van der Waals surface area contributed by atoms with Gasteiger partial charge in [-0.2, -0.15) is 0 Å². The molecule has 4 aromatic rings. The van der Waals surface area contributed by atoms with E-state index in [4.69, 9.17) is 37.9 Å². The summed E-state index contributed by atoms with van der Waals surface area (Å²) in [6, 6.07) is 21.4. The number of aryl methyl sites for hydroxylation is 2. The van der Waals surface area contributed by atoms with Crippen LogP contribution in [0.15, 0.2) is 81.7 Å². The molecule has 0 bridgehead atoms. The lowest BCUT2D eigenvalue weighted by atomic mass is 9.97. The lowest BCUT2D eigenvalue weighted by Crippen LogP contribution is -2.28. The second-order valence-corrected chi connectivity index (χ2v) is 13.3. The second-order valence-electron chi connectivity index (χ2n) is 11.4. The number of carbonyl (C=O) groups is 2. The molecule has 0 spiro atoms. The Kier molecular flexibility index (Phi) is 14.9. The molecule has 0 aliphatic heterocycles. The van der Waals surface area contributed by atoms with Gasteiger partial charge in [0.05, 0.1) is 53.8 Å². The van der Waals surface area contributed by atoms with Crippen molar-refractivity contribution in [3.05, 3.63) is 104 Å². The molecule has 0 radical (unpaired) electrons. The van der Waals surface area contributed by atoms with Crippen LogP contribution in [0.1, 0.15) is 51.1 Å². The third-order valence-electron chi connectivity index (χ3n) is 8.19. The van der Waals surface area contributed by atoms with Gasteiger partial charge in [0.25, 0.3) is 0 Å². The summed E-state index contributed by atoms with van der Waals surface area (Å²) in [5.41, 5.74) is 2.57. The van der Waals surface area contributed by atoms with Gasteiger partial charge in [0.1, 0.15) is 12.2 Å². The molecule has 10 nitrogen and oxygen atoms in total. The van der Waals surface area contributed by atoms with Crippen molar-refractivity contribution in [2.24, 2.45) is 0 Å². The molecule has 0 saturated heterocycles. The number of halogens is 2. The Morgan fingerprint density at radius 1 is 0.510 bits per heavy atom. The van der Waals surface area contributed by atoms with Crippen LogP contribution in [-0.4, -0.2) is 66.8 Å². The van der Waals surface area contributed by atoms with Crippen LogP contribution in [0, 0.1) is 0 Å². The number of ether oxygens (including phenoxy) is 8. The maximum absolute atomic E-state index is 13.5. The maximum atomic E-state index is 13.5. The van der Waals surface area contributed by atoms with Crippen LogP contribution < -0.4 is 28.4 Å². The summed E-state index contributed by atoms with van der Waals surface area (Å²) in [4.78, 5) is 26.9. The van der Waals surface area contributed by atoms with Gasteiger partial charge in [0.2, 0.25) is 11.5 Å². The minimum atomic E-state index is -0.636. The number of esters is 2. The minimum absolute atomic E-state index is 0.236. The van der Waals surface area contributed by atoms with E-state index < -0.39 is 24.1 Å². The summed E-state index contributed by atoms with van der Waals surface area (Å²) in [5, 5.41) is 0. The summed E-state index contributed by atoms with van der Waals surface area (Å²) in [6.45, 7) is 0. The highest BCUT2D eigenvalue weighted by Gasteiger charge is 2.26. The molecule has 0 unspecified atom stereocenters. The van der Waals surface area contributed by atoms with Crippen molar-refractivity contribution in [2.75, 3.05) is 42.7 Å². The molecular formula is C39H42Br2O10. The molecule has 4 aromatic carbocycles. The van der Waals surface area contributed by atoms with Crippen molar-refractivity contribution in [1.82, 2.24) is 0 Å². The summed E-state index contributed by atoms with van der Waals surface area (Å²) in [6.07, 6.45) is 0.782. The number of hydrogen-bond donors (Lipinski definition) is 0. The lowest BCUT2D eigenvalue weighted by molar-refractivity contribution is -0.00381.